The second kappa shape index (κ2) is 29.1. The first-order valence-electron chi connectivity index (χ1n) is 26.3. The van der Waals surface area contributed by atoms with E-state index in [0.717, 1.165) is 56.1 Å². The molecule has 3 aliphatic rings. The molecule has 2 N–H and O–H groups in total. The molecule has 3 rings (SSSR count). The highest BCUT2D eigenvalue weighted by Gasteiger charge is 2.41. The van der Waals surface area contributed by atoms with E-state index < -0.39 is 36.2 Å². The maximum atomic E-state index is 14.2. The molecule has 0 spiro atoms. The van der Waals surface area contributed by atoms with Crippen molar-refractivity contribution in [2.75, 3.05) is 27.9 Å². The van der Waals surface area contributed by atoms with Gasteiger partial charge in [0.25, 0.3) is 0 Å². The molecule has 12 heteroatoms. The normalized spacial score (nSPS) is 26.8. The highest BCUT2D eigenvalue weighted by atomic mass is 16.6. The Hall–Kier alpha value is -3.68. The number of hydrogen-bond acceptors (Lipinski definition) is 11. The van der Waals surface area contributed by atoms with E-state index in [9.17, 15) is 29.4 Å². The van der Waals surface area contributed by atoms with Crippen molar-refractivity contribution in [3.05, 3.63) is 71.6 Å². The molecule has 2 aliphatic heterocycles. The van der Waals surface area contributed by atoms with Crippen LogP contribution in [0.3, 0.4) is 0 Å². The zero-order valence-corrected chi connectivity index (χ0v) is 45.5. The van der Waals surface area contributed by atoms with E-state index in [2.05, 4.69) is 47.3 Å². The lowest BCUT2D eigenvalue weighted by Gasteiger charge is -2.39. The van der Waals surface area contributed by atoms with Crippen LogP contribution in [0.2, 0.25) is 0 Å². The molecule has 0 bridgehead atoms. The minimum absolute atomic E-state index is 0.00144. The first-order chi connectivity index (χ1) is 33.0. The first-order valence-corrected chi connectivity index (χ1v) is 26.3. The van der Waals surface area contributed by atoms with Crippen LogP contribution < -0.4 is 0 Å². The summed E-state index contributed by atoms with van der Waals surface area (Å²) in [6, 6.07) is -0.754. The number of ether oxygens (including phenoxy) is 5. The number of likely N-dealkylation sites (tertiary alicyclic amines) is 1. The summed E-state index contributed by atoms with van der Waals surface area (Å²) in [5.41, 5.74) is 2.11. The number of piperidine rings is 1. The molecule has 0 radical (unpaired) electrons. The van der Waals surface area contributed by atoms with Gasteiger partial charge in [-0.3, -0.25) is 14.4 Å². The lowest BCUT2D eigenvalue weighted by atomic mass is 9.76. The molecule has 0 aromatic rings. The summed E-state index contributed by atoms with van der Waals surface area (Å²) < 4.78 is 29.0. The Bertz CT molecular complexity index is 1880. The Balaban J connectivity index is 1.72. The average molecular weight is 980 g/mol. The number of nitrogens with zero attached hydrogens (tertiary/aromatic N) is 1. The van der Waals surface area contributed by atoms with Gasteiger partial charge in [0.15, 0.2) is 5.78 Å². The number of cyclic esters (lactones) is 1. The summed E-state index contributed by atoms with van der Waals surface area (Å²) in [4.78, 5) is 56.0. The van der Waals surface area contributed by atoms with Crippen LogP contribution in [-0.2, 0) is 42.9 Å². The second-order valence-electron chi connectivity index (χ2n) is 21.8. The van der Waals surface area contributed by atoms with Crippen molar-refractivity contribution in [1.29, 1.82) is 0 Å². The minimum atomic E-state index is -1.06. The Labute approximate surface area is 422 Å². The van der Waals surface area contributed by atoms with E-state index in [0.29, 0.717) is 44.2 Å². The standard InChI is InChI=1S/C58H93NO11/c1-16-58(11,12)44(10)55(63)59-29-21-20-24-47(59)57(65)70-51(41(7)32-45-26-28-48(60)52(33-45)67-14)35-49(61)40(6)31-42(8)53(62)54(68-15)43(9)39(5)30-36(2)22-18-17-19-23-37(3)50(66-13)34-46-27-25-38(4)56(64)69-46/h17-19,22-23,31,35-36,38-41,44-48,50,52-54,60,62H,9,16,20-21,24-30,32-34H2,1-8,10-15H3/b19-17+,22-18+,37-23+,42-31+,51-35-. The van der Waals surface area contributed by atoms with Crippen molar-refractivity contribution in [2.45, 2.75) is 196 Å². The fourth-order valence-corrected chi connectivity index (χ4v) is 10.1. The van der Waals surface area contributed by atoms with E-state index in [1.165, 1.54) is 6.08 Å². The second-order valence-corrected chi connectivity index (χ2v) is 21.8. The fraction of sp³-hybridized carbons (Fsp3) is 0.724. The van der Waals surface area contributed by atoms with E-state index in [4.69, 9.17) is 23.7 Å². The van der Waals surface area contributed by atoms with Crippen LogP contribution in [0.4, 0.5) is 0 Å². The van der Waals surface area contributed by atoms with Crippen molar-refractivity contribution in [1.82, 2.24) is 4.90 Å². The third kappa shape index (κ3) is 17.8. The maximum Gasteiger partial charge on any atom is 0.333 e. The highest BCUT2D eigenvalue weighted by Crippen LogP contribution is 2.36. The van der Waals surface area contributed by atoms with Crippen molar-refractivity contribution >= 4 is 23.6 Å². The summed E-state index contributed by atoms with van der Waals surface area (Å²) in [5, 5.41) is 22.1. The number of ketones is 1. The molecule has 1 saturated carbocycles. The number of esters is 2. The SMILES string of the molecule is C=C(C(C)CC(C)/C=C/C=C/C=C(\C)C(CC1CCC(C)C(=O)O1)OC)C(OC)C(O)/C(C)=C/C(C)C(=O)/C=C(\OC(=O)C1CCCCN1C(=O)C(C)C(C)(C)CC)C(C)CC1CCC(O)C(OC)C1. The van der Waals surface area contributed by atoms with Crippen LogP contribution in [0.15, 0.2) is 71.6 Å². The molecular weight excluding hydrogens is 887 g/mol. The van der Waals surface area contributed by atoms with Crippen LogP contribution in [-0.4, -0.2) is 109 Å². The van der Waals surface area contributed by atoms with Crippen molar-refractivity contribution in [2.24, 2.45) is 46.8 Å². The summed E-state index contributed by atoms with van der Waals surface area (Å²) in [5.74, 6) is -1.72. The monoisotopic (exact) mass is 980 g/mol. The van der Waals surface area contributed by atoms with E-state index in [1.54, 1.807) is 46.2 Å². The Morgan fingerprint density at radius 1 is 0.914 bits per heavy atom. The lowest BCUT2D eigenvalue weighted by Crippen LogP contribution is -2.52. The molecule has 0 aromatic heterocycles. The molecule has 12 nitrogen and oxygen atoms in total. The van der Waals surface area contributed by atoms with Crippen LogP contribution in [0, 0.1) is 46.8 Å². The number of rotatable bonds is 26. The summed E-state index contributed by atoms with van der Waals surface area (Å²) in [7, 11) is 4.83. The van der Waals surface area contributed by atoms with Gasteiger partial charge in [-0.1, -0.05) is 112 Å². The van der Waals surface area contributed by atoms with Crippen LogP contribution in [0.25, 0.3) is 0 Å². The molecule has 14 atom stereocenters. The Kier molecular flexibility index (Phi) is 25.2. The van der Waals surface area contributed by atoms with Gasteiger partial charge in [-0.2, -0.15) is 0 Å². The fourth-order valence-electron chi connectivity index (χ4n) is 10.1. The number of hydrogen-bond donors (Lipinski definition) is 2. The van der Waals surface area contributed by atoms with Crippen LogP contribution in [0.5, 0.6) is 0 Å². The van der Waals surface area contributed by atoms with Gasteiger partial charge >= 0.3 is 11.9 Å². The van der Waals surface area contributed by atoms with E-state index in [-0.39, 0.29) is 82.7 Å². The molecule has 14 unspecified atom stereocenters. The molecular formula is C58H93NO11. The molecule has 3 fully saturated rings. The Morgan fingerprint density at radius 2 is 1.61 bits per heavy atom. The van der Waals surface area contributed by atoms with Gasteiger partial charge in [0, 0.05) is 58.1 Å². The largest absolute Gasteiger partial charge is 0.462 e. The van der Waals surface area contributed by atoms with Gasteiger partial charge in [0.05, 0.1) is 24.2 Å². The van der Waals surface area contributed by atoms with Crippen molar-refractivity contribution < 1.29 is 53.1 Å². The number of aliphatic hydroxyl groups is 2. The third-order valence-corrected chi connectivity index (χ3v) is 15.9. The van der Waals surface area contributed by atoms with Crippen LogP contribution >= 0.6 is 0 Å². The zero-order chi connectivity index (χ0) is 52.5. The molecule has 2 heterocycles. The first kappa shape index (κ1) is 60.6. The van der Waals surface area contributed by atoms with Crippen molar-refractivity contribution in [3.8, 4) is 0 Å². The van der Waals surface area contributed by atoms with Gasteiger partial charge in [-0.15, -0.1) is 0 Å². The predicted molar refractivity (Wildman–Crippen MR) is 277 cm³/mol. The number of amides is 1. The van der Waals surface area contributed by atoms with Gasteiger partial charge < -0.3 is 38.8 Å². The van der Waals surface area contributed by atoms with E-state index in [1.807, 2.05) is 52.0 Å². The number of allylic oxidation sites excluding steroid dienone is 8. The quantitative estimate of drug-likeness (QED) is 0.0279. The molecule has 1 aliphatic carbocycles. The maximum absolute atomic E-state index is 14.2. The average Bonchev–Trinajstić information content (AvgIpc) is 3.33. The minimum Gasteiger partial charge on any atom is -0.462 e. The molecule has 1 amide bonds. The summed E-state index contributed by atoms with van der Waals surface area (Å²) in [6.45, 7) is 26.6. The molecule has 396 valence electrons. The molecule has 70 heavy (non-hydrogen) atoms. The van der Waals surface area contributed by atoms with Gasteiger partial charge in [0.2, 0.25) is 5.91 Å². The van der Waals surface area contributed by atoms with Gasteiger partial charge in [0.1, 0.15) is 30.1 Å². The van der Waals surface area contributed by atoms with Gasteiger partial charge in [-0.25, -0.2) is 4.79 Å². The van der Waals surface area contributed by atoms with E-state index >= 15 is 0 Å². The number of carbonyl (C=O) groups is 4. The highest BCUT2D eigenvalue weighted by molar-refractivity contribution is 5.94. The lowest BCUT2D eigenvalue weighted by molar-refractivity contribution is -0.161. The summed E-state index contributed by atoms with van der Waals surface area (Å²) >= 11 is 0. The topological polar surface area (TPSA) is 158 Å². The summed E-state index contributed by atoms with van der Waals surface area (Å²) in [6.07, 6.45) is 19.0. The zero-order valence-electron chi connectivity index (χ0n) is 45.5. The van der Waals surface area contributed by atoms with Gasteiger partial charge in [-0.05, 0) is 118 Å². The number of aliphatic hydroxyl groups excluding tert-OH is 2. The predicted octanol–water partition coefficient (Wildman–Crippen LogP) is 10.6. The molecule has 0 aromatic carbocycles. The van der Waals surface area contributed by atoms with Crippen molar-refractivity contribution in [3.63, 3.8) is 0 Å². The molecule has 2 saturated heterocycles. The number of carbonyl (C=O) groups excluding carboxylic acids is 4. The third-order valence-electron chi connectivity index (χ3n) is 15.9. The Morgan fingerprint density at radius 3 is 2.24 bits per heavy atom. The van der Waals surface area contributed by atoms with Crippen LogP contribution in [0.1, 0.15) is 153 Å². The smallest absolute Gasteiger partial charge is 0.333 e. The number of methoxy groups -OCH3 is 3.